The maximum atomic E-state index is 15.0. The van der Waals surface area contributed by atoms with Gasteiger partial charge in [-0.15, -0.1) is 5.11 Å². The maximum Gasteiger partial charge on any atom is 0.371 e. The van der Waals surface area contributed by atoms with Gasteiger partial charge in [-0.1, -0.05) is 16.8 Å². The van der Waals surface area contributed by atoms with Crippen molar-refractivity contribution in [1.29, 1.82) is 0 Å². The Morgan fingerprint density at radius 2 is 2.03 bits per heavy atom. The molecule has 0 radical (unpaired) electrons. The van der Waals surface area contributed by atoms with E-state index in [0.717, 1.165) is 6.34 Å². The van der Waals surface area contributed by atoms with E-state index in [0.29, 0.717) is 35.2 Å². The Labute approximate surface area is 218 Å². The molecule has 0 saturated heterocycles. The number of halogens is 2. The number of rotatable bonds is 6. The lowest BCUT2D eigenvalue weighted by Gasteiger charge is -2.16. The third-order valence-electron chi connectivity index (χ3n) is 6.11. The molecule has 2 aromatic carbocycles. The van der Waals surface area contributed by atoms with Crippen molar-refractivity contribution < 1.29 is 23.5 Å². The summed E-state index contributed by atoms with van der Waals surface area (Å²) in [6, 6.07) is 10.9. The van der Waals surface area contributed by atoms with Crippen LogP contribution < -0.4 is 16.7 Å². The number of aryl methyl sites for hydroxylation is 1. The second-order valence-electron chi connectivity index (χ2n) is 8.39. The molecule has 1 aliphatic rings. The van der Waals surface area contributed by atoms with Crippen LogP contribution in [0.25, 0.3) is 22.1 Å². The summed E-state index contributed by atoms with van der Waals surface area (Å²) in [6.07, 6.45) is 1.78. The number of carbonyl (C=O) groups is 2. The second kappa shape index (κ2) is 9.90. The smallest absolute Gasteiger partial charge is 0.371 e. The molecule has 1 aliphatic heterocycles. The Morgan fingerprint density at radius 1 is 1.21 bits per heavy atom. The minimum absolute atomic E-state index is 0.00326. The Kier molecular flexibility index (Phi) is 6.47. The van der Waals surface area contributed by atoms with Crippen molar-refractivity contribution in [3.63, 3.8) is 0 Å². The van der Waals surface area contributed by atoms with Gasteiger partial charge in [0.2, 0.25) is 11.7 Å². The number of aliphatic imine (C=N–C) groups is 1. The van der Waals surface area contributed by atoms with E-state index < -0.39 is 29.3 Å². The molecule has 38 heavy (non-hydrogen) atoms. The Morgan fingerprint density at radius 3 is 2.79 bits per heavy atom. The van der Waals surface area contributed by atoms with Gasteiger partial charge in [0.05, 0.1) is 10.7 Å². The molecular formula is C25H18ClFN6O5. The molecule has 0 spiro atoms. The predicted molar refractivity (Wildman–Crippen MR) is 137 cm³/mol. The SMILES string of the molecule is NN=NC=Nc1ccc(Cl)c(F)c1-c1cc2n(c(=O)c1)[C@H](C(=O)Nc1ccc3oc(C(=O)O)cc3c1)CC2. The molecule has 1 atom stereocenters. The average Bonchev–Trinajstić information content (AvgIpc) is 3.51. The van der Waals surface area contributed by atoms with Crippen LogP contribution in [0.4, 0.5) is 15.8 Å². The molecule has 13 heteroatoms. The van der Waals surface area contributed by atoms with Crippen LogP contribution in [0.3, 0.4) is 0 Å². The number of benzene rings is 2. The van der Waals surface area contributed by atoms with Gasteiger partial charge in [0.1, 0.15) is 18.0 Å². The molecular weight excluding hydrogens is 519 g/mol. The van der Waals surface area contributed by atoms with Crippen molar-refractivity contribution in [3.05, 3.63) is 81.2 Å². The highest BCUT2D eigenvalue weighted by atomic mass is 35.5. The lowest BCUT2D eigenvalue weighted by molar-refractivity contribution is -0.119. The maximum absolute atomic E-state index is 15.0. The molecule has 4 N–H and O–H groups in total. The van der Waals surface area contributed by atoms with Crippen molar-refractivity contribution in [2.75, 3.05) is 5.32 Å². The van der Waals surface area contributed by atoms with E-state index in [4.69, 9.17) is 27.0 Å². The van der Waals surface area contributed by atoms with Crippen LogP contribution in [-0.2, 0) is 11.2 Å². The summed E-state index contributed by atoms with van der Waals surface area (Å²) < 4.78 is 21.6. The number of hydrogen-bond acceptors (Lipinski definition) is 6. The molecule has 0 aliphatic carbocycles. The second-order valence-corrected chi connectivity index (χ2v) is 8.79. The van der Waals surface area contributed by atoms with Crippen LogP contribution in [0.15, 0.2) is 73.1 Å². The number of hydrogen-bond donors (Lipinski definition) is 3. The molecule has 0 unspecified atom stereocenters. The molecule has 0 fully saturated rings. The van der Waals surface area contributed by atoms with Gasteiger partial charge in [-0.25, -0.2) is 14.2 Å². The summed E-state index contributed by atoms with van der Waals surface area (Å²) in [4.78, 5) is 41.5. The van der Waals surface area contributed by atoms with Gasteiger partial charge >= 0.3 is 5.97 Å². The van der Waals surface area contributed by atoms with Gasteiger partial charge in [-0.05, 0) is 60.9 Å². The largest absolute Gasteiger partial charge is 0.475 e. The lowest BCUT2D eigenvalue weighted by atomic mass is 10.0. The van der Waals surface area contributed by atoms with Gasteiger partial charge in [-0.3, -0.25) is 9.59 Å². The van der Waals surface area contributed by atoms with E-state index in [1.165, 1.54) is 28.8 Å². The zero-order chi connectivity index (χ0) is 27.0. The topological polar surface area (TPSA) is 165 Å². The number of nitrogens with two attached hydrogens (primary N) is 1. The minimum Gasteiger partial charge on any atom is -0.475 e. The monoisotopic (exact) mass is 536 g/mol. The highest BCUT2D eigenvalue weighted by Crippen LogP contribution is 2.37. The van der Waals surface area contributed by atoms with Crippen LogP contribution in [0.1, 0.15) is 28.7 Å². The lowest BCUT2D eigenvalue weighted by Crippen LogP contribution is -2.31. The first-order valence-corrected chi connectivity index (χ1v) is 11.6. The van der Waals surface area contributed by atoms with Gasteiger partial charge in [0, 0.05) is 28.4 Å². The standard InChI is InChI=1S/C25H18ClFN6O5/c26-16-3-4-17(29-11-30-32-28)22(23(16)27)13-8-15-2-5-18(33(15)21(34)10-13)24(35)31-14-1-6-19-12(7-14)9-20(38-19)25(36)37/h1,3-4,6-11,18H,2,5H2,(H,31,35)(H,36,37)(H2,28,29,30)/t18-/m0/s1. The minimum atomic E-state index is -1.20. The number of carbonyl (C=O) groups excluding carboxylic acids is 1. The van der Waals surface area contributed by atoms with Gasteiger partial charge < -0.3 is 25.3 Å². The number of pyridine rings is 1. The van der Waals surface area contributed by atoms with Crippen molar-refractivity contribution in [3.8, 4) is 11.1 Å². The number of aromatic nitrogens is 1. The van der Waals surface area contributed by atoms with E-state index in [1.54, 1.807) is 24.3 Å². The van der Waals surface area contributed by atoms with Crippen molar-refractivity contribution in [2.45, 2.75) is 18.9 Å². The fourth-order valence-corrected chi connectivity index (χ4v) is 4.64. The molecule has 4 aromatic rings. The molecule has 192 valence electrons. The van der Waals surface area contributed by atoms with Crippen LogP contribution in [-0.4, -0.2) is 27.9 Å². The van der Waals surface area contributed by atoms with Crippen molar-refractivity contribution in [2.24, 2.45) is 21.2 Å². The van der Waals surface area contributed by atoms with Crippen LogP contribution in [0.2, 0.25) is 5.02 Å². The number of carboxylic acid groups (broad SMARTS) is 1. The number of fused-ring (bicyclic) bond motifs is 2. The fourth-order valence-electron chi connectivity index (χ4n) is 4.48. The quantitative estimate of drug-likeness (QED) is 0.105. The number of nitrogens with zero attached hydrogens (tertiary/aromatic N) is 4. The van der Waals surface area contributed by atoms with E-state index >= 15 is 4.39 Å². The molecule has 0 bridgehead atoms. The third-order valence-corrected chi connectivity index (χ3v) is 6.40. The number of furan rings is 1. The highest BCUT2D eigenvalue weighted by molar-refractivity contribution is 6.31. The molecule has 2 aromatic heterocycles. The molecule has 0 saturated carbocycles. The molecule has 5 rings (SSSR count). The number of carboxylic acids is 1. The number of nitrogens with one attached hydrogen (secondary N) is 1. The molecule has 3 heterocycles. The Bertz CT molecular complexity index is 1730. The average molecular weight is 537 g/mol. The summed E-state index contributed by atoms with van der Waals surface area (Å²) in [7, 11) is 0. The van der Waals surface area contributed by atoms with E-state index in [9.17, 15) is 14.4 Å². The van der Waals surface area contributed by atoms with Crippen LogP contribution >= 0.6 is 11.6 Å². The van der Waals surface area contributed by atoms with Crippen LogP contribution in [0.5, 0.6) is 0 Å². The summed E-state index contributed by atoms with van der Waals surface area (Å²) in [5.74, 6) is 2.36. The summed E-state index contributed by atoms with van der Waals surface area (Å²) in [5, 5.41) is 18.7. The van der Waals surface area contributed by atoms with Crippen molar-refractivity contribution in [1.82, 2.24) is 4.57 Å². The molecule has 1 amide bonds. The number of amides is 1. The van der Waals surface area contributed by atoms with Crippen molar-refractivity contribution >= 4 is 52.2 Å². The van der Waals surface area contributed by atoms with E-state index in [1.807, 2.05) is 0 Å². The first kappa shape index (κ1) is 24.8. The normalized spacial score (nSPS) is 14.9. The number of aromatic carboxylic acids is 1. The Hall–Kier alpha value is -4.84. The zero-order valence-electron chi connectivity index (χ0n) is 19.4. The first-order valence-electron chi connectivity index (χ1n) is 11.2. The predicted octanol–water partition coefficient (Wildman–Crippen LogP) is 4.86. The number of anilines is 1. The summed E-state index contributed by atoms with van der Waals surface area (Å²) in [5.41, 5.74) is 1.23. The Balaban J connectivity index is 1.46. The van der Waals surface area contributed by atoms with E-state index in [2.05, 4.69) is 20.6 Å². The zero-order valence-corrected chi connectivity index (χ0v) is 20.1. The summed E-state index contributed by atoms with van der Waals surface area (Å²) >= 11 is 5.99. The van der Waals surface area contributed by atoms with Gasteiger partial charge in [0.15, 0.2) is 5.82 Å². The summed E-state index contributed by atoms with van der Waals surface area (Å²) in [6.45, 7) is 0. The third kappa shape index (κ3) is 4.52. The van der Waals surface area contributed by atoms with E-state index in [-0.39, 0.29) is 27.6 Å². The fraction of sp³-hybridized carbons (Fsp3) is 0.120. The van der Waals surface area contributed by atoms with Gasteiger partial charge in [-0.2, -0.15) is 0 Å². The van der Waals surface area contributed by atoms with Crippen LogP contribution in [0, 0.1) is 5.82 Å². The molecule has 11 nitrogen and oxygen atoms in total. The van der Waals surface area contributed by atoms with Gasteiger partial charge in [0.25, 0.3) is 5.56 Å². The highest BCUT2D eigenvalue weighted by Gasteiger charge is 2.30. The first-order chi connectivity index (χ1) is 18.3.